The molecule has 0 aliphatic carbocycles. The normalized spacial score (nSPS) is 26.0. The molecule has 30 heavy (non-hydrogen) atoms. The van der Waals surface area contributed by atoms with Crippen molar-refractivity contribution < 1.29 is 9.53 Å². The molecular formula is C23H31N5O2. The average Bonchev–Trinajstić information content (AvgIpc) is 3.44. The maximum atomic E-state index is 12.8. The van der Waals surface area contributed by atoms with Crippen LogP contribution in [0.3, 0.4) is 0 Å². The zero-order valence-corrected chi connectivity index (χ0v) is 18.1. The van der Waals surface area contributed by atoms with Gasteiger partial charge in [-0.3, -0.25) is 14.8 Å². The van der Waals surface area contributed by atoms with Gasteiger partial charge in [0.25, 0.3) is 0 Å². The van der Waals surface area contributed by atoms with Crippen LogP contribution in [0.1, 0.15) is 43.0 Å². The Hall–Kier alpha value is -2.41. The van der Waals surface area contributed by atoms with Gasteiger partial charge in [-0.15, -0.1) is 0 Å². The van der Waals surface area contributed by atoms with Crippen LogP contribution in [0.4, 0.5) is 0 Å². The quantitative estimate of drug-likeness (QED) is 0.839. The summed E-state index contributed by atoms with van der Waals surface area (Å²) in [4.78, 5) is 22.1. The third kappa shape index (κ3) is 3.29. The van der Waals surface area contributed by atoms with Crippen LogP contribution >= 0.6 is 0 Å². The lowest BCUT2D eigenvalue weighted by Gasteiger charge is -2.41. The fraction of sp³-hybridized carbons (Fsp3) is 0.609. The van der Waals surface area contributed by atoms with Crippen LogP contribution in [-0.4, -0.2) is 63.7 Å². The minimum Gasteiger partial charge on any atom is -0.493 e. The molecule has 0 bridgehead atoms. The number of hydrogen-bond acceptors (Lipinski definition) is 5. The van der Waals surface area contributed by atoms with Crippen molar-refractivity contribution in [3.63, 3.8) is 0 Å². The molecule has 3 aliphatic rings. The summed E-state index contributed by atoms with van der Waals surface area (Å²) in [5.41, 5.74) is 2.52. The van der Waals surface area contributed by atoms with Crippen LogP contribution in [0, 0.1) is 18.8 Å². The summed E-state index contributed by atoms with van der Waals surface area (Å²) in [7, 11) is 0. The number of benzene rings is 1. The fourth-order valence-corrected chi connectivity index (χ4v) is 5.45. The number of likely N-dealkylation sites (tertiary alicyclic amines) is 2. The molecule has 5 rings (SSSR count). The van der Waals surface area contributed by atoms with Gasteiger partial charge in [-0.25, -0.2) is 4.98 Å². The molecule has 1 aromatic heterocycles. The first-order valence-electron chi connectivity index (χ1n) is 11.1. The van der Waals surface area contributed by atoms with Gasteiger partial charge in [-0.05, 0) is 37.1 Å². The van der Waals surface area contributed by atoms with Crippen molar-refractivity contribution in [2.75, 3.05) is 32.8 Å². The van der Waals surface area contributed by atoms with E-state index < -0.39 is 0 Å². The van der Waals surface area contributed by atoms with Crippen LogP contribution in [0.2, 0.25) is 0 Å². The molecule has 1 amide bonds. The molecule has 2 atom stereocenters. The van der Waals surface area contributed by atoms with Crippen LogP contribution in [0.5, 0.6) is 5.75 Å². The lowest BCUT2D eigenvalue weighted by molar-refractivity contribution is -0.133. The van der Waals surface area contributed by atoms with E-state index in [4.69, 9.17) is 9.72 Å². The SMILES string of the molecule is Cc1nc([C@@]23CCN(Cc4ccc5c(c4)CCO5)C[C@@H]2CN(C(=O)C(C)C)C3)n[nH]1. The lowest BCUT2D eigenvalue weighted by Crippen LogP contribution is -2.49. The zero-order chi connectivity index (χ0) is 20.9. The first-order valence-corrected chi connectivity index (χ1v) is 11.1. The molecule has 4 heterocycles. The number of nitrogens with one attached hydrogen (secondary N) is 1. The maximum absolute atomic E-state index is 12.8. The number of nitrogens with zero attached hydrogens (tertiary/aromatic N) is 4. The Bertz CT molecular complexity index is 955. The van der Waals surface area contributed by atoms with Gasteiger partial charge in [0.1, 0.15) is 11.6 Å². The van der Waals surface area contributed by atoms with Crippen LogP contribution in [-0.2, 0) is 23.2 Å². The summed E-state index contributed by atoms with van der Waals surface area (Å²) in [6.45, 7) is 11.1. The van der Waals surface area contributed by atoms with E-state index in [0.29, 0.717) is 5.92 Å². The molecule has 2 aromatic rings. The molecule has 2 saturated heterocycles. The third-order valence-electron chi connectivity index (χ3n) is 7.06. The Morgan fingerprint density at radius 1 is 1.37 bits per heavy atom. The van der Waals surface area contributed by atoms with Gasteiger partial charge >= 0.3 is 0 Å². The Labute approximate surface area is 177 Å². The number of piperidine rings is 1. The van der Waals surface area contributed by atoms with Crippen molar-refractivity contribution >= 4 is 5.91 Å². The van der Waals surface area contributed by atoms with Crippen molar-refractivity contribution in [1.82, 2.24) is 25.0 Å². The van der Waals surface area contributed by atoms with E-state index in [1.807, 2.05) is 20.8 Å². The number of hydrogen-bond donors (Lipinski definition) is 1. The second kappa shape index (κ2) is 7.38. The highest BCUT2D eigenvalue weighted by atomic mass is 16.5. The monoisotopic (exact) mass is 409 g/mol. The summed E-state index contributed by atoms with van der Waals surface area (Å²) in [5, 5.41) is 7.58. The van der Waals surface area contributed by atoms with Crippen LogP contribution in [0.25, 0.3) is 0 Å². The van der Waals surface area contributed by atoms with Gasteiger partial charge in [0.05, 0.1) is 12.0 Å². The van der Waals surface area contributed by atoms with Gasteiger partial charge in [-0.2, -0.15) is 5.10 Å². The number of H-pyrrole nitrogens is 1. The van der Waals surface area contributed by atoms with Gasteiger partial charge in [0, 0.05) is 44.4 Å². The molecular weight excluding hydrogens is 378 g/mol. The van der Waals surface area contributed by atoms with E-state index in [9.17, 15) is 4.79 Å². The Balaban J connectivity index is 1.37. The largest absolute Gasteiger partial charge is 0.493 e. The highest BCUT2D eigenvalue weighted by molar-refractivity contribution is 5.78. The van der Waals surface area contributed by atoms with E-state index in [1.54, 1.807) is 0 Å². The van der Waals surface area contributed by atoms with Crippen molar-refractivity contribution in [2.45, 2.75) is 45.6 Å². The number of aromatic nitrogens is 3. The van der Waals surface area contributed by atoms with Crippen molar-refractivity contribution in [3.05, 3.63) is 41.0 Å². The van der Waals surface area contributed by atoms with E-state index in [0.717, 1.165) is 69.6 Å². The van der Waals surface area contributed by atoms with Crippen molar-refractivity contribution in [1.29, 1.82) is 0 Å². The number of carbonyl (C=O) groups excluding carboxylic acids is 1. The van der Waals surface area contributed by atoms with E-state index in [1.165, 1.54) is 11.1 Å². The van der Waals surface area contributed by atoms with E-state index in [-0.39, 0.29) is 17.2 Å². The van der Waals surface area contributed by atoms with Gasteiger partial charge < -0.3 is 9.64 Å². The summed E-state index contributed by atoms with van der Waals surface area (Å²) < 4.78 is 5.65. The number of amides is 1. The predicted molar refractivity (Wildman–Crippen MR) is 113 cm³/mol. The highest BCUT2D eigenvalue weighted by Gasteiger charge is 2.54. The molecule has 0 radical (unpaired) electrons. The molecule has 2 fully saturated rings. The first-order chi connectivity index (χ1) is 14.4. The van der Waals surface area contributed by atoms with Crippen LogP contribution < -0.4 is 4.74 Å². The molecule has 7 nitrogen and oxygen atoms in total. The number of aryl methyl sites for hydroxylation is 1. The number of aromatic amines is 1. The summed E-state index contributed by atoms with van der Waals surface area (Å²) in [6, 6.07) is 6.60. The van der Waals surface area contributed by atoms with Gasteiger partial charge in [-0.1, -0.05) is 26.0 Å². The summed E-state index contributed by atoms with van der Waals surface area (Å²) >= 11 is 0. The Morgan fingerprint density at radius 3 is 3.00 bits per heavy atom. The summed E-state index contributed by atoms with van der Waals surface area (Å²) in [5.74, 6) is 3.37. The topological polar surface area (TPSA) is 74.3 Å². The Morgan fingerprint density at radius 2 is 2.23 bits per heavy atom. The third-order valence-corrected chi connectivity index (χ3v) is 7.06. The first kappa shape index (κ1) is 19.5. The van der Waals surface area contributed by atoms with Crippen molar-refractivity contribution in [3.8, 4) is 5.75 Å². The predicted octanol–water partition coefficient (Wildman–Crippen LogP) is 2.31. The smallest absolute Gasteiger partial charge is 0.225 e. The Kier molecular flexibility index (Phi) is 4.81. The lowest BCUT2D eigenvalue weighted by atomic mass is 9.72. The minimum atomic E-state index is -0.141. The summed E-state index contributed by atoms with van der Waals surface area (Å²) in [6.07, 6.45) is 1.98. The molecule has 160 valence electrons. The minimum absolute atomic E-state index is 0.0146. The molecule has 3 aliphatic heterocycles. The standard InChI is InChI=1S/C23H31N5O2/c1-15(2)21(29)28-13-19-12-27(11-17-4-5-20-18(10-17)6-9-30-20)8-7-23(19,14-28)22-24-16(3)25-26-22/h4-5,10,15,19H,6-9,11-14H2,1-3H3,(H,24,25,26)/t19-,23-/m1/s1. The molecule has 0 unspecified atom stereocenters. The fourth-order valence-electron chi connectivity index (χ4n) is 5.45. The van der Waals surface area contributed by atoms with E-state index >= 15 is 0 Å². The molecule has 0 saturated carbocycles. The second-order valence-corrected chi connectivity index (χ2v) is 9.50. The zero-order valence-electron chi connectivity index (χ0n) is 18.1. The molecule has 7 heteroatoms. The van der Waals surface area contributed by atoms with Crippen molar-refractivity contribution in [2.24, 2.45) is 11.8 Å². The number of rotatable bonds is 4. The molecule has 1 aromatic carbocycles. The highest BCUT2D eigenvalue weighted by Crippen LogP contribution is 2.44. The average molecular weight is 410 g/mol. The van der Waals surface area contributed by atoms with E-state index in [2.05, 4.69) is 38.2 Å². The number of ether oxygens (including phenoxy) is 1. The maximum Gasteiger partial charge on any atom is 0.225 e. The number of carbonyl (C=O) groups is 1. The second-order valence-electron chi connectivity index (χ2n) is 9.50. The molecule has 0 spiro atoms. The van der Waals surface area contributed by atoms with Crippen LogP contribution in [0.15, 0.2) is 18.2 Å². The van der Waals surface area contributed by atoms with Gasteiger partial charge in [0.15, 0.2) is 5.82 Å². The number of fused-ring (bicyclic) bond motifs is 2. The molecule has 1 N–H and O–H groups in total. The van der Waals surface area contributed by atoms with Gasteiger partial charge in [0.2, 0.25) is 5.91 Å².